The first kappa shape index (κ1) is 31.0. The van der Waals surface area contributed by atoms with E-state index in [1.54, 1.807) is 0 Å². The van der Waals surface area contributed by atoms with Gasteiger partial charge in [0.1, 0.15) is 30.0 Å². The van der Waals surface area contributed by atoms with Gasteiger partial charge >= 0.3 is 23.9 Å². The van der Waals surface area contributed by atoms with E-state index in [0.717, 1.165) is 33.8 Å². The molecule has 1 saturated heterocycles. The molecule has 220 valence electrons. The zero-order chi connectivity index (χ0) is 30.3. The molecule has 0 aliphatic carbocycles. The summed E-state index contributed by atoms with van der Waals surface area (Å²) < 4.78 is 45.9. The number of esters is 4. The van der Waals surface area contributed by atoms with Gasteiger partial charge in [-0.15, -0.1) is 0 Å². The van der Waals surface area contributed by atoms with Crippen LogP contribution < -0.4 is 4.74 Å². The van der Waals surface area contributed by atoms with E-state index in [1.807, 2.05) is 0 Å². The van der Waals surface area contributed by atoms with Crippen LogP contribution in [0.4, 0.5) is 4.39 Å². The molecule has 0 spiro atoms. The van der Waals surface area contributed by atoms with Gasteiger partial charge in [0, 0.05) is 40.2 Å². The first-order valence-electron chi connectivity index (χ1n) is 12.4. The minimum atomic E-state index is -1.52. The Bertz CT molecular complexity index is 1290. The van der Waals surface area contributed by atoms with Crippen LogP contribution in [0.15, 0.2) is 42.5 Å². The van der Waals surface area contributed by atoms with Crippen LogP contribution in [-0.4, -0.2) is 72.1 Å². The van der Waals surface area contributed by atoms with E-state index in [9.17, 15) is 33.5 Å². The molecule has 0 radical (unpaired) electrons. The first-order chi connectivity index (χ1) is 19.3. The summed E-state index contributed by atoms with van der Waals surface area (Å²) >= 11 is 0. The smallest absolute Gasteiger partial charge is 0.303 e. The van der Waals surface area contributed by atoms with Crippen LogP contribution in [-0.2, 0) is 49.3 Å². The quantitative estimate of drug-likeness (QED) is 0.250. The largest absolute Gasteiger partial charge is 0.507 e. The number of carbonyl (C=O) groups is 5. The fourth-order valence-corrected chi connectivity index (χ4v) is 4.12. The Hall–Kier alpha value is -4.52. The molecule has 41 heavy (non-hydrogen) atoms. The number of phenolic OH excluding ortho intramolecular Hbond substituents is 1. The van der Waals surface area contributed by atoms with Gasteiger partial charge in [-0.25, -0.2) is 4.39 Å². The van der Waals surface area contributed by atoms with E-state index >= 15 is 0 Å². The van der Waals surface area contributed by atoms with E-state index in [4.69, 9.17) is 28.4 Å². The lowest BCUT2D eigenvalue weighted by atomic mass is 9.98. The number of phenols is 1. The Morgan fingerprint density at radius 3 is 1.95 bits per heavy atom. The Morgan fingerprint density at radius 1 is 0.805 bits per heavy atom. The number of Topliss-reactive ketones (excluding diaryl/α,β-unsaturated/α-hetero) is 1. The second kappa shape index (κ2) is 13.7. The highest BCUT2D eigenvalue weighted by Gasteiger charge is 2.53. The predicted octanol–water partition coefficient (Wildman–Crippen LogP) is 2.42. The van der Waals surface area contributed by atoms with Crippen molar-refractivity contribution >= 4 is 29.7 Å². The summed E-state index contributed by atoms with van der Waals surface area (Å²) in [5, 5.41) is 10.6. The number of hydrogen-bond acceptors (Lipinski definition) is 12. The van der Waals surface area contributed by atoms with Crippen molar-refractivity contribution in [3.05, 3.63) is 59.4 Å². The molecule has 3 rings (SSSR count). The highest BCUT2D eigenvalue weighted by Crippen LogP contribution is 2.33. The molecule has 12 nitrogen and oxygen atoms in total. The summed E-state index contributed by atoms with van der Waals surface area (Å²) in [6, 6.07) is 9.08. The van der Waals surface area contributed by atoms with Gasteiger partial charge < -0.3 is 33.5 Å². The predicted molar refractivity (Wildman–Crippen MR) is 135 cm³/mol. The maximum atomic E-state index is 13.2. The van der Waals surface area contributed by atoms with Crippen molar-refractivity contribution < 1.29 is 61.9 Å². The van der Waals surface area contributed by atoms with Crippen molar-refractivity contribution in [2.45, 2.75) is 64.8 Å². The normalized spacial score (nSPS) is 21.7. The van der Waals surface area contributed by atoms with Gasteiger partial charge in [0.15, 0.2) is 18.0 Å². The van der Waals surface area contributed by atoms with E-state index < -0.39 is 78.5 Å². The average Bonchev–Trinajstić information content (AvgIpc) is 2.87. The van der Waals surface area contributed by atoms with Crippen molar-refractivity contribution in [2.24, 2.45) is 0 Å². The second-order valence-electron chi connectivity index (χ2n) is 9.09. The van der Waals surface area contributed by atoms with Gasteiger partial charge in [0.2, 0.25) is 12.4 Å². The minimum absolute atomic E-state index is 0.0387. The highest BCUT2D eigenvalue weighted by atomic mass is 19.1. The standard InChI is InChI=1S/C28H29FO12/c1-14(30)36-13-24-25(37-15(2)31)26(38-16(3)32)27(39-17(4)33)28(41-24)40-20-9-10-21(23(35)12-20)22(34)11-18-5-7-19(29)8-6-18/h5-10,12,24-28,35H,11,13H2,1-4H3/t24?,25-,26?,27?,28-/m1/s1. The van der Waals surface area contributed by atoms with Crippen LogP contribution in [0.25, 0.3) is 0 Å². The number of carbonyl (C=O) groups excluding carboxylic acids is 5. The molecule has 2 aromatic carbocycles. The summed E-state index contributed by atoms with van der Waals surface area (Å²) in [4.78, 5) is 60.0. The van der Waals surface area contributed by atoms with Gasteiger partial charge in [-0.3, -0.25) is 24.0 Å². The number of ether oxygens (including phenoxy) is 6. The van der Waals surface area contributed by atoms with E-state index in [-0.39, 0.29) is 17.7 Å². The number of aromatic hydroxyl groups is 1. The Morgan fingerprint density at radius 2 is 1.39 bits per heavy atom. The van der Waals surface area contributed by atoms with Gasteiger partial charge in [-0.1, -0.05) is 12.1 Å². The molecule has 0 aromatic heterocycles. The number of ketones is 1. The third-order valence-electron chi connectivity index (χ3n) is 5.75. The number of rotatable bonds is 10. The van der Waals surface area contributed by atoms with Crippen LogP contribution in [0.2, 0.25) is 0 Å². The highest BCUT2D eigenvalue weighted by molar-refractivity contribution is 6.00. The number of halogens is 1. The maximum absolute atomic E-state index is 13.2. The Balaban J connectivity index is 1.90. The second-order valence-corrected chi connectivity index (χ2v) is 9.09. The van der Waals surface area contributed by atoms with Crippen molar-refractivity contribution in [1.82, 2.24) is 0 Å². The fraction of sp³-hybridized carbons (Fsp3) is 0.393. The van der Waals surface area contributed by atoms with Gasteiger partial charge in [-0.2, -0.15) is 0 Å². The molecule has 0 bridgehead atoms. The third-order valence-corrected chi connectivity index (χ3v) is 5.75. The molecule has 1 N–H and O–H groups in total. The van der Waals surface area contributed by atoms with Gasteiger partial charge in [-0.05, 0) is 29.8 Å². The van der Waals surface area contributed by atoms with Crippen LogP contribution >= 0.6 is 0 Å². The molecule has 2 aromatic rings. The minimum Gasteiger partial charge on any atom is -0.507 e. The molecule has 1 aliphatic rings. The molecular formula is C28H29FO12. The maximum Gasteiger partial charge on any atom is 0.303 e. The lowest BCUT2D eigenvalue weighted by Gasteiger charge is -2.43. The average molecular weight is 577 g/mol. The summed E-state index contributed by atoms with van der Waals surface area (Å²) in [6.45, 7) is 3.96. The van der Waals surface area contributed by atoms with Crippen LogP contribution in [0, 0.1) is 5.82 Å². The summed E-state index contributed by atoms with van der Waals surface area (Å²) in [5.41, 5.74) is 0.497. The molecule has 0 saturated carbocycles. The van der Waals surface area contributed by atoms with Crippen LogP contribution in [0.1, 0.15) is 43.6 Å². The summed E-state index contributed by atoms with van der Waals surface area (Å²) in [7, 11) is 0. The lowest BCUT2D eigenvalue weighted by molar-refractivity contribution is -0.288. The fourth-order valence-electron chi connectivity index (χ4n) is 4.12. The Labute approximate surface area is 234 Å². The van der Waals surface area contributed by atoms with Crippen LogP contribution in [0.5, 0.6) is 11.5 Å². The number of benzene rings is 2. The van der Waals surface area contributed by atoms with Crippen molar-refractivity contribution in [2.75, 3.05) is 6.61 Å². The molecule has 1 heterocycles. The lowest BCUT2D eigenvalue weighted by Crippen LogP contribution is -2.63. The van der Waals surface area contributed by atoms with Gasteiger partial charge in [0.25, 0.3) is 0 Å². The SMILES string of the molecule is CC(=O)OCC1O[C@@H](Oc2ccc(C(=O)Cc3ccc(F)cc3)c(O)c2)C(OC(C)=O)C(OC(C)=O)[C@@H]1OC(C)=O. The van der Waals surface area contributed by atoms with Crippen molar-refractivity contribution in [3.8, 4) is 11.5 Å². The molecular weight excluding hydrogens is 547 g/mol. The zero-order valence-corrected chi connectivity index (χ0v) is 22.7. The van der Waals surface area contributed by atoms with Crippen molar-refractivity contribution in [3.63, 3.8) is 0 Å². The first-order valence-corrected chi connectivity index (χ1v) is 12.4. The molecule has 1 aliphatic heterocycles. The monoisotopic (exact) mass is 576 g/mol. The number of hydrogen-bond donors (Lipinski definition) is 1. The molecule has 3 unspecified atom stereocenters. The zero-order valence-electron chi connectivity index (χ0n) is 22.7. The van der Waals surface area contributed by atoms with Crippen LogP contribution in [0.3, 0.4) is 0 Å². The van der Waals surface area contributed by atoms with E-state index in [1.165, 1.54) is 36.4 Å². The Kier molecular flexibility index (Phi) is 10.4. The molecule has 0 amide bonds. The van der Waals surface area contributed by atoms with Gasteiger partial charge in [0.05, 0.1) is 5.56 Å². The topological polar surface area (TPSA) is 161 Å². The third kappa shape index (κ3) is 8.73. The van der Waals surface area contributed by atoms with E-state index in [0.29, 0.717) is 5.56 Å². The molecule has 1 fully saturated rings. The molecule has 5 atom stereocenters. The van der Waals surface area contributed by atoms with Crippen molar-refractivity contribution in [1.29, 1.82) is 0 Å². The summed E-state index contributed by atoms with van der Waals surface area (Å²) in [6.07, 6.45) is -7.13. The molecule has 13 heteroatoms. The van der Waals surface area contributed by atoms with E-state index in [2.05, 4.69) is 0 Å². The summed E-state index contributed by atoms with van der Waals surface area (Å²) in [5.74, 6) is -4.46.